The molecule has 0 aromatic rings. The second-order valence-electron chi connectivity index (χ2n) is 5.96. The van der Waals surface area contributed by atoms with Gasteiger partial charge in [-0.2, -0.15) is 0 Å². The molecule has 0 heterocycles. The highest BCUT2D eigenvalue weighted by atomic mass is 16.4. The average Bonchev–Trinajstić information content (AvgIpc) is 2.22. The maximum atomic E-state index is 10.8. The molecule has 96 valence electrons. The van der Waals surface area contributed by atoms with E-state index in [2.05, 4.69) is 19.9 Å². The lowest BCUT2D eigenvalue weighted by Gasteiger charge is -2.48. The van der Waals surface area contributed by atoms with Crippen molar-refractivity contribution in [3.8, 4) is 0 Å². The number of allylic oxidation sites excluding steroid dienone is 1. The SMILES string of the molecule is C[C@@H]1CCC=C2C[C@H](O)[C@@H](CC(=O)O)C[C@]21C. The molecule has 0 amide bonds. The van der Waals surface area contributed by atoms with E-state index < -0.39 is 12.1 Å². The third kappa shape index (κ3) is 2.25. The molecule has 0 aliphatic heterocycles. The van der Waals surface area contributed by atoms with Crippen molar-refractivity contribution >= 4 is 5.97 Å². The fourth-order valence-corrected chi connectivity index (χ4v) is 3.53. The summed E-state index contributed by atoms with van der Waals surface area (Å²) in [5, 5.41) is 19.0. The van der Waals surface area contributed by atoms with Gasteiger partial charge in [0, 0.05) is 0 Å². The van der Waals surface area contributed by atoms with Crippen molar-refractivity contribution in [3.05, 3.63) is 11.6 Å². The summed E-state index contributed by atoms with van der Waals surface area (Å²) >= 11 is 0. The Balaban J connectivity index is 2.20. The summed E-state index contributed by atoms with van der Waals surface area (Å²) < 4.78 is 0. The minimum absolute atomic E-state index is 0.0878. The normalized spacial score (nSPS) is 41.6. The van der Waals surface area contributed by atoms with E-state index in [9.17, 15) is 9.90 Å². The molecule has 0 unspecified atom stereocenters. The smallest absolute Gasteiger partial charge is 0.303 e. The van der Waals surface area contributed by atoms with E-state index >= 15 is 0 Å². The average molecular weight is 238 g/mol. The van der Waals surface area contributed by atoms with Crippen LogP contribution in [0.5, 0.6) is 0 Å². The zero-order valence-electron chi connectivity index (χ0n) is 10.6. The maximum absolute atomic E-state index is 10.8. The summed E-state index contributed by atoms with van der Waals surface area (Å²) in [6.45, 7) is 4.49. The molecule has 2 N–H and O–H groups in total. The Bertz CT molecular complexity index is 347. The number of hydrogen-bond donors (Lipinski definition) is 2. The summed E-state index contributed by atoms with van der Waals surface area (Å²) in [5.74, 6) is -0.296. The number of carbonyl (C=O) groups is 1. The first-order valence-electron chi connectivity index (χ1n) is 6.53. The molecule has 0 saturated heterocycles. The molecular weight excluding hydrogens is 216 g/mol. The zero-order chi connectivity index (χ0) is 12.6. The number of carboxylic acid groups (broad SMARTS) is 1. The lowest BCUT2D eigenvalue weighted by molar-refractivity contribution is -0.140. The lowest BCUT2D eigenvalue weighted by Crippen LogP contribution is -2.42. The van der Waals surface area contributed by atoms with Gasteiger partial charge in [0.1, 0.15) is 0 Å². The Morgan fingerprint density at radius 3 is 2.94 bits per heavy atom. The summed E-state index contributed by atoms with van der Waals surface area (Å²) in [6, 6.07) is 0. The Morgan fingerprint density at radius 2 is 2.29 bits per heavy atom. The number of fused-ring (bicyclic) bond motifs is 1. The van der Waals surface area contributed by atoms with Crippen molar-refractivity contribution in [2.24, 2.45) is 17.3 Å². The van der Waals surface area contributed by atoms with Crippen LogP contribution in [0.3, 0.4) is 0 Å². The fraction of sp³-hybridized carbons (Fsp3) is 0.786. The van der Waals surface area contributed by atoms with Crippen LogP contribution in [0.25, 0.3) is 0 Å². The van der Waals surface area contributed by atoms with Crippen molar-refractivity contribution in [3.63, 3.8) is 0 Å². The Kier molecular flexibility index (Phi) is 3.30. The number of aliphatic carboxylic acids is 1. The van der Waals surface area contributed by atoms with Gasteiger partial charge in [-0.15, -0.1) is 0 Å². The molecule has 0 radical (unpaired) electrons. The van der Waals surface area contributed by atoms with Crippen molar-refractivity contribution in [1.29, 1.82) is 0 Å². The summed E-state index contributed by atoms with van der Waals surface area (Å²) in [7, 11) is 0. The van der Waals surface area contributed by atoms with E-state index in [0.29, 0.717) is 12.3 Å². The van der Waals surface area contributed by atoms with Gasteiger partial charge in [0.25, 0.3) is 0 Å². The van der Waals surface area contributed by atoms with Crippen molar-refractivity contribution in [1.82, 2.24) is 0 Å². The van der Waals surface area contributed by atoms with Crippen LogP contribution in [0.1, 0.15) is 46.0 Å². The van der Waals surface area contributed by atoms with Gasteiger partial charge in [-0.1, -0.05) is 25.5 Å². The van der Waals surface area contributed by atoms with Crippen LogP contribution < -0.4 is 0 Å². The number of rotatable bonds is 2. The fourth-order valence-electron chi connectivity index (χ4n) is 3.53. The predicted octanol–water partition coefficient (Wildman–Crippen LogP) is 2.59. The van der Waals surface area contributed by atoms with Crippen molar-refractivity contribution in [2.75, 3.05) is 0 Å². The molecule has 17 heavy (non-hydrogen) atoms. The third-order valence-corrected chi connectivity index (χ3v) is 4.91. The first-order chi connectivity index (χ1) is 7.93. The van der Waals surface area contributed by atoms with Gasteiger partial charge in [-0.25, -0.2) is 0 Å². The zero-order valence-corrected chi connectivity index (χ0v) is 10.6. The molecule has 2 rings (SSSR count). The molecule has 2 aliphatic carbocycles. The predicted molar refractivity (Wildman–Crippen MR) is 65.6 cm³/mol. The number of aliphatic hydroxyl groups excluding tert-OH is 1. The molecule has 0 spiro atoms. The summed E-state index contributed by atoms with van der Waals surface area (Å²) in [4.78, 5) is 10.8. The van der Waals surface area contributed by atoms with E-state index in [0.717, 1.165) is 12.8 Å². The number of hydrogen-bond acceptors (Lipinski definition) is 2. The Labute approximate surface area is 103 Å². The first-order valence-corrected chi connectivity index (χ1v) is 6.53. The van der Waals surface area contributed by atoms with E-state index in [1.54, 1.807) is 0 Å². The highest BCUT2D eigenvalue weighted by Crippen LogP contribution is 2.52. The van der Waals surface area contributed by atoms with Gasteiger partial charge in [-0.3, -0.25) is 4.79 Å². The maximum Gasteiger partial charge on any atom is 0.303 e. The van der Waals surface area contributed by atoms with Crippen LogP contribution >= 0.6 is 0 Å². The van der Waals surface area contributed by atoms with Gasteiger partial charge >= 0.3 is 5.97 Å². The van der Waals surface area contributed by atoms with Crippen LogP contribution in [0, 0.1) is 17.3 Å². The minimum atomic E-state index is -0.798. The molecule has 4 atom stereocenters. The van der Waals surface area contributed by atoms with Gasteiger partial charge in [-0.05, 0) is 42.9 Å². The number of carboxylic acids is 1. The van der Waals surface area contributed by atoms with Gasteiger partial charge in [0.05, 0.1) is 12.5 Å². The van der Waals surface area contributed by atoms with Crippen molar-refractivity contribution < 1.29 is 15.0 Å². The molecule has 3 heteroatoms. The van der Waals surface area contributed by atoms with Gasteiger partial charge in [0.2, 0.25) is 0 Å². The largest absolute Gasteiger partial charge is 0.481 e. The van der Waals surface area contributed by atoms with Gasteiger partial charge < -0.3 is 10.2 Å². The van der Waals surface area contributed by atoms with Crippen LogP contribution in [0.4, 0.5) is 0 Å². The standard InChI is InChI=1S/C14H22O3/c1-9-4-3-5-11-7-12(15)10(6-13(16)17)8-14(9,11)2/h5,9-10,12,15H,3-4,6-8H2,1-2H3,(H,16,17)/t9-,10+,12+,14+/m1/s1. The monoisotopic (exact) mass is 238 g/mol. The molecule has 0 aromatic carbocycles. The van der Waals surface area contributed by atoms with Crippen LogP contribution in [-0.4, -0.2) is 22.3 Å². The highest BCUT2D eigenvalue weighted by molar-refractivity contribution is 5.67. The van der Waals surface area contributed by atoms with Gasteiger partial charge in [0.15, 0.2) is 0 Å². The van der Waals surface area contributed by atoms with Crippen LogP contribution in [0.15, 0.2) is 11.6 Å². The highest BCUT2D eigenvalue weighted by Gasteiger charge is 2.45. The third-order valence-electron chi connectivity index (χ3n) is 4.91. The van der Waals surface area contributed by atoms with Crippen LogP contribution in [0.2, 0.25) is 0 Å². The Morgan fingerprint density at radius 1 is 1.59 bits per heavy atom. The lowest BCUT2D eigenvalue weighted by atomic mass is 9.57. The van der Waals surface area contributed by atoms with E-state index in [1.165, 1.54) is 12.0 Å². The first kappa shape index (κ1) is 12.6. The second-order valence-corrected chi connectivity index (χ2v) is 5.96. The quantitative estimate of drug-likeness (QED) is 0.727. The molecule has 2 aliphatic rings. The topological polar surface area (TPSA) is 57.5 Å². The van der Waals surface area contributed by atoms with E-state index in [4.69, 9.17) is 5.11 Å². The van der Waals surface area contributed by atoms with E-state index in [-0.39, 0.29) is 17.8 Å². The molecule has 1 fully saturated rings. The second kappa shape index (κ2) is 4.45. The molecule has 1 saturated carbocycles. The summed E-state index contributed by atoms with van der Waals surface area (Å²) in [6.07, 6.45) is 5.64. The molecule has 0 aromatic heterocycles. The molecular formula is C14H22O3. The molecule has 0 bridgehead atoms. The Hall–Kier alpha value is -0.830. The van der Waals surface area contributed by atoms with Crippen LogP contribution in [-0.2, 0) is 4.79 Å². The number of aliphatic hydroxyl groups is 1. The van der Waals surface area contributed by atoms with Crippen molar-refractivity contribution in [2.45, 2.75) is 52.1 Å². The summed E-state index contributed by atoms with van der Waals surface area (Å²) in [5.41, 5.74) is 1.46. The van der Waals surface area contributed by atoms with E-state index in [1.807, 2.05) is 0 Å². The molecule has 3 nitrogen and oxygen atoms in total. The minimum Gasteiger partial charge on any atom is -0.481 e.